The van der Waals surface area contributed by atoms with E-state index in [9.17, 15) is 4.79 Å². The molecule has 1 atom stereocenters. The lowest BCUT2D eigenvalue weighted by Gasteiger charge is -2.19. The van der Waals surface area contributed by atoms with E-state index in [0.29, 0.717) is 17.7 Å². The van der Waals surface area contributed by atoms with Gasteiger partial charge in [-0.25, -0.2) is 0 Å². The van der Waals surface area contributed by atoms with Gasteiger partial charge in [-0.1, -0.05) is 5.16 Å². The number of hydrogen-bond acceptors (Lipinski definition) is 4. The third-order valence-electron chi connectivity index (χ3n) is 3.02. The summed E-state index contributed by atoms with van der Waals surface area (Å²) in [5.41, 5.74) is 0.396. The molecule has 1 aliphatic rings. The quantitative estimate of drug-likeness (QED) is 0.709. The molecular formula is C11H16N2O2. The van der Waals surface area contributed by atoms with E-state index in [1.807, 2.05) is 0 Å². The van der Waals surface area contributed by atoms with Gasteiger partial charge in [-0.05, 0) is 26.8 Å². The normalized spacial score (nSPS) is 22.5. The maximum Gasteiger partial charge on any atom is 0.171 e. The first kappa shape index (κ1) is 10.4. The fourth-order valence-electron chi connectivity index (χ4n) is 2.04. The monoisotopic (exact) mass is 208 g/mol. The van der Waals surface area contributed by atoms with E-state index in [1.54, 1.807) is 6.07 Å². The van der Waals surface area contributed by atoms with Crippen LogP contribution in [0.2, 0.25) is 0 Å². The molecule has 4 nitrogen and oxygen atoms in total. The van der Waals surface area contributed by atoms with E-state index in [4.69, 9.17) is 4.52 Å². The van der Waals surface area contributed by atoms with Crippen LogP contribution in [0.25, 0.3) is 0 Å². The Hall–Kier alpha value is -1.16. The molecule has 0 aliphatic carbocycles. The molecule has 1 fully saturated rings. The van der Waals surface area contributed by atoms with Crippen molar-refractivity contribution in [1.29, 1.82) is 0 Å². The lowest BCUT2D eigenvalue weighted by molar-refractivity contribution is 0.111. The van der Waals surface area contributed by atoms with Gasteiger partial charge in [0.1, 0.15) is 11.5 Å². The van der Waals surface area contributed by atoms with Crippen molar-refractivity contribution in [2.24, 2.45) is 0 Å². The Morgan fingerprint density at radius 1 is 1.67 bits per heavy atom. The SMILES string of the molecule is CC(C)N1CCC(c2cc(C=O)no2)C1. The second-order valence-corrected chi connectivity index (χ2v) is 4.35. The van der Waals surface area contributed by atoms with Crippen LogP contribution in [0.4, 0.5) is 0 Å². The zero-order valence-electron chi connectivity index (χ0n) is 9.14. The van der Waals surface area contributed by atoms with Crippen LogP contribution in [0.3, 0.4) is 0 Å². The van der Waals surface area contributed by atoms with Crippen molar-refractivity contribution in [3.05, 3.63) is 17.5 Å². The molecule has 2 heterocycles. The van der Waals surface area contributed by atoms with E-state index in [2.05, 4.69) is 23.9 Å². The number of likely N-dealkylation sites (tertiary alicyclic amines) is 1. The number of aromatic nitrogens is 1. The van der Waals surface area contributed by atoms with Crippen molar-refractivity contribution in [1.82, 2.24) is 10.1 Å². The van der Waals surface area contributed by atoms with E-state index < -0.39 is 0 Å². The van der Waals surface area contributed by atoms with Crippen molar-refractivity contribution < 1.29 is 9.32 Å². The minimum absolute atomic E-state index is 0.396. The summed E-state index contributed by atoms with van der Waals surface area (Å²) in [4.78, 5) is 12.9. The topological polar surface area (TPSA) is 46.3 Å². The lowest BCUT2D eigenvalue weighted by atomic mass is 10.1. The third-order valence-corrected chi connectivity index (χ3v) is 3.02. The van der Waals surface area contributed by atoms with Gasteiger partial charge in [0.25, 0.3) is 0 Å². The minimum Gasteiger partial charge on any atom is -0.360 e. The van der Waals surface area contributed by atoms with Crippen molar-refractivity contribution in [2.75, 3.05) is 13.1 Å². The van der Waals surface area contributed by atoms with Crippen LogP contribution < -0.4 is 0 Å². The molecule has 1 aromatic rings. The van der Waals surface area contributed by atoms with Gasteiger partial charge in [0.15, 0.2) is 6.29 Å². The number of carbonyl (C=O) groups is 1. The largest absolute Gasteiger partial charge is 0.360 e. The highest BCUT2D eigenvalue weighted by molar-refractivity contribution is 5.71. The van der Waals surface area contributed by atoms with Gasteiger partial charge in [0.05, 0.1) is 0 Å². The van der Waals surface area contributed by atoms with Gasteiger partial charge in [-0.3, -0.25) is 4.79 Å². The molecule has 0 bridgehead atoms. The molecule has 1 aromatic heterocycles. The number of aldehydes is 1. The minimum atomic E-state index is 0.396. The highest BCUT2D eigenvalue weighted by atomic mass is 16.5. The third kappa shape index (κ3) is 2.09. The lowest BCUT2D eigenvalue weighted by Crippen LogP contribution is -2.27. The fraction of sp³-hybridized carbons (Fsp3) is 0.636. The second kappa shape index (κ2) is 4.14. The van der Waals surface area contributed by atoms with Crippen LogP contribution in [0, 0.1) is 0 Å². The van der Waals surface area contributed by atoms with Crippen LogP contribution in [-0.4, -0.2) is 35.5 Å². The smallest absolute Gasteiger partial charge is 0.171 e. The molecule has 0 spiro atoms. The molecule has 1 aliphatic heterocycles. The second-order valence-electron chi connectivity index (χ2n) is 4.35. The molecule has 0 radical (unpaired) electrons. The van der Waals surface area contributed by atoms with E-state index >= 15 is 0 Å². The van der Waals surface area contributed by atoms with Gasteiger partial charge in [0, 0.05) is 24.6 Å². The average molecular weight is 208 g/mol. The molecule has 0 aromatic carbocycles. The number of nitrogens with zero attached hydrogens (tertiary/aromatic N) is 2. The van der Waals surface area contributed by atoms with Crippen molar-refractivity contribution in [2.45, 2.75) is 32.2 Å². The summed E-state index contributed by atoms with van der Waals surface area (Å²) in [6.45, 7) is 6.49. The van der Waals surface area contributed by atoms with Gasteiger partial charge >= 0.3 is 0 Å². The summed E-state index contributed by atoms with van der Waals surface area (Å²) in [5.74, 6) is 1.24. The Morgan fingerprint density at radius 3 is 3.00 bits per heavy atom. The van der Waals surface area contributed by atoms with E-state index in [-0.39, 0.29) is 0 Å². The number of carbonyl (C=O) groups excluding carboxylic acids is 1. The summed E-state index contributed by atoms with van der Waals surface area (Å²) in [7, 11) is 0. The molecular weight excluding hydrogens is 192 g/mol. The molecule has 0 amide bonds. The Bertz CT molecular complexity index is 346. The Kier molecular flexibility index (Phi) is 2.86. The van der Waals surface area contributed by atoms with Gasteiger partial charge in [0.2, 0.25) is 0 Å². The summed E-state index contributed by atoms with van der Waals surface area (Å²) in [5, 5.41) is 3.69. The van der Waals surface area contributed by atoms with Crippen molar-refractivity contribution in [3.63, 3.8) is 0 Å². The summed E-state index contributed by atoms with van der Waals surface area (Å²) in [6, 6.07) is 2.32. The Labute approximate surface area is 89.2 Å². The predicted molar refractivity (Wildman–Crippen MR) is 56.0 cm³/mol. The van der Waals surface area contributed by atoms with Crippen LogP contribution in [-0.2, 0) is 0 Å². The molecule has 4 heteroatoms. The van der Waals surface area contributed by atoms with Gasteiger partial charge < -0.3 is 9.42 Å². The first-order chi connectivity index (χ1) is 7.20. The zero-order chi connectivity index (χ0) is 10.8. The molecule has 1 unspecified atom stereocenters. The highest BCUT2D eigenvalue weighted by Gasteiger charge is 2.28. The van der Waals surface area contributed by atoms with Gasteiger partial charge in [-0.2, -0.15) is 0 Å². The predicted octanol–water partition coefficient (Wildman–Crippen LogP) is 1.68. The molecule has 0 saturated carbocycles. The van der Waals surface area contributed by atoms with E-state index in [1.165, 1.54) is 0 Å². The summed E-state index contributed by atoms with van der Waals surface area (Å²) < 4.78 is 5.16. The summed E-state index contributed by atoms with van der Waals surface area (Å²) in [6.07, 6.45) is 1.81. The van der Waals surface area contributed by atoms with Crippen LogP contribution in [0.1, 0.15) is 42.4 Å². The molecule has 1 saturated heterocycles. The van der Waals surface area contributed by atoms with Crippen LogP contribution in [0.15, 0.2) is 10.6 Å². The Balaban J connectivity index is 2.04. The van der Waals surface area contributed by atoms with Gasteiger partial charge in [-0.15, -0.1) is 0 Å². The first-order valence-electron chi connectivity index (χ1n) is 5.36. The maximum atomic E-state index is 10.5. The number of rotatable bonds is 3. The molecule has 0 N–H and O–H groups in total. The zero-order valence-corrected chi connectivity index (χ0v) is 9.14. The maximum absolute atomic E-state index is 10.5. The highest BCUT2D eigenvalue weighted by Crippen LogP contribution is 2.28. The average Bonchev–Trinajstić information content (AvgIpc) is 2.86. The molecule has 82 valence electrons. The van der Waals surface area contributed by atoms with E-state index in [0.717, 1.165) is 31.6 Å². The van der Waals surface area contributed by atoms with Crippen molar-refractivity contribution >= 4 is 6.29 Å². The fourth-order valence-corrected chi connectivity index (χ4v) is 2.04. The summed E-state index contributed by atoms with van der Waals surface area (Å²) >= 11 is 0. The standard InChI is InChI=1S/C11H16N2O2/c1-8(2)13-4-3-9(6-13)11-5-10(7-14)12-15-11/h5,7-9H,3-4,6H2,1-2H3. The van der Waals surface area contributed by atoms with Crippen molar-refractivity contribution in [3.8, 4) is 0 Å². The Morgan fingerprint density at radius 2 is 2.47 bits per heavy atom. The van der Waals surface area contributed by atoms with Crippen LogP contribution in [0.5, 0.6) is 0 Å². The molecule has 2 rings (SSSR count). The first-order valence-corrected chi connectivity index (χ1v) is 5.36. The molecule has 15 heavy (non-hydrogen) atoms. The van der Waals surface area contributed by atoms with Crippen LogP contribution >= 0.6 is 0 Å². The number of hydrogen-bond donors (Lipinski definition) is 0.